The summed E-state index contributed by atoms with van der Waals surface area (Å²) in [6, 6.07) is 9.78. The molecular formula is C15H21NO3S. The zero-order valence-electron chi connectivity index (χ0n) is 11.5. The first-order chi connectivity index (χ1) is 9.60. The molecule has 1 atom stereocenters. The number of ether oxygens (including phenoxy) is 1. The molecule has 5 heteroatoms. The summed E-state index contributed by atoms with van der Waals surface area (Å²) < 4.78 is 29.1. The van der Waals surface area contributed by atoms with Crippen molar-refractivity contribution in [2.45, 2.75) is 12.8 Å². The number of hydrogen-bond donors (Lipinski definition) is 1. The van der Waals surface area contributed by atoms with Gasteiger partial charge in [-0.15, -0.1) is 0 Å². The van der Waals surface area contributed by atoms with Crippen molar-refractivity contribution in [3.63, 3.8) is 0 Å². The Labute approximate surface area is 120 Å². The Morgan fingerprint density at radius 1 is 1.25 bits per heavy atom. The van der Waals surface area contributed by atoms with Gasteiger partial charge in [-0.25, -0.2) is 8.42 Å². The highest BCUT2D eigenvalue weighted by atomic mass is 32.2. The van der Waals surface area contributed by atoms with Crippen LogP contribution in [-0.4, -0.2) is 39.6 Å². The van der Waals surface area contributed by atoms with Crippen LogP contribution in [-0.2, 0) is 9.84 Å². The first-order valence-electron chi connectivity index (χ1n) is 7.19. The van der Waals surface area contributed by atoms with Gasteiger partial charge in [0.1, 0.15) is 5.75 Å². The molecule has 4 nitrogen and oxygen atoms in total. The Hall–Kier alpha value is -1.07. The molecule has 1 unspecified atom stereocenters. The molecule has 1 aromatic carbocycles. The maximum absolute atomic E-state index is 11.7. The van der Waals surface area contributed by atoms with Crippen molar-refractivity contribution in [3.8, 4) is 5.75 Å². The molecule has 0 spiro atoms. The van der Waals surface area contributed by atoms with Gasteiger partial charge < -0.3 is 10.1 Å². The summed E-state index contributed by atoms with van der Waals surface area (Å²) >= 11 is 0. The highest BCUT2D eigenvalue weighted by Gasteiger charge is 2.48. The average Bonchev–Trinajstić information content (AvgIpc) is 2.74. The van der Waals surface area contributed by atoms with Crippen LogP contribution >= 0.6 is 0 Å². The number of hydrogen-bond acceptors (Lipinski definition) is 4. The molecule has 0 bridgehead atoms. The largest absolute Gasteiger partial charge is 0.494 e. The third kappa shape index (κ3) is 2.83. The van der Waals surface area contributed by atoms with Crippen LogP contribution in [0.1, 0.15) is 12.8 Å². The van der Waals surface area contributed by atoms with Crippen LogP contribution in [0, 0.1) is 11.3 Å². The lowest BCUT2D eigenvalue weighted by Crippen LogP contribution is -2.58. The van der Waals surface area contributed by atoms with Crippen LogP contribution in [0.5, 0.6) is 5.75 Å². The van der Waals surface area contributed by atoms with Gasteiger partial charge >= 0.3 is 0 Å². The maximum Gasteiger partial charge on any atom is 0.150 e. The SMILES string of the molecule is O=S1(=O)CCC(C2(CCOc3ccccc3)CNC2)C1. The lowest BCUT2D eigenvalue weighted by molar-refractivity contribution is 0.0615. The van der Waals surface area contributed by atoms with E-state index in [0.717, 1.165) is 31.7 Å². The molecule has 0 aromatic heterocycles. The summed E-state index contributed by atoms with van der Waals surface area (Å²) in [5.41, 5.74) is 0.123. The standard InChI is InChI=1S/C15H21NO3S/c17-20(18)9-6-13(10-20)15(11-16-12-15)7-8-19-14-4-2-1-3-5-14/h1-5,13,16H,6-12H2. The van der Waals surface area contributed by atoms with Crippen LogP contribution in [0.2, 0.25) is 0 Å². The molecule has 2 fully saturated rings. The number of rotatable bonds is 5. The molecule has 0 aliphatic carbocycles. The first kappa shape index (κ1) is 13.9. The van der Waals surface area contributed by atoms with E-state index in [2.05, 4.69) is 5.32 Å². The van der Waals surface area contributed by atoms with E-state index < -0.39 is 9.84 Å². The Morgan fingerprint density at radius 3 is 2.55 bits per heavy atom. The summed E-state index contributed by atoms with van der Waals surface area (Å²) in [7, 11) is -2.80. The van der Waals surface area contributed by atoms with Crippen molar-refractivity contribution in [3.05, 3.63) is 30.3 Å². The van der Waals surface area contributed by atoms with E-state index >= 15 is 0 Å². The molecular weight excluding hydrogens is 274 g/mol. The van der Waals surface area contributed by atoms with Gasteiger partial charge in [-0.3, -0.25) is 0 Å². The minimum Gasteiger partial charge on any atom is -0.494 e. The predicted octanol–water partition coefficient (Wildman–Crippen LogP) is 1.48. The molecule has 2 aliphatic heterocycles. The van der Waals surface area contributed by atoms with Gasteiger partial charge in [0.15, 0.2) is 9.84 Å². The molecule has 0 radical (unpaired) electrons. The van der Waals surface area contributed by atoms with Gasteiger partial charge in [-0.1, -0.05) is 18.2 Å². The monoisotopic (exact) mass is 295 g/mol. The maximum atomic E-state index is 11.7. The van der Waals surface area contributed by atoms with Gasteiger partial charge in [-0.2, -0.15) is 0 Å². The minimum atomic E-state index is -2.80. The third-order valence-corrected chi connectivity index (χ3v) is 6.43. The molecule has 0 saturated carbocycles. The van der Waals surface area contributed by atoms with Crippen molar-refractivity contribution in [2.24, 2.45) is 11.3 Å². The quantitative estimate of drug-likeness (QED) is 0.894. The fourth-order valence-corrected chi connectivity index (χ4v) is 5.23. The summed E-state index contributed by atoms with van der Waals surface area (Å²) in [6.07, 6.45) is 1.74. The third-order valence-electron chi connectivity index (χ3n) is 4.66. The van der Waals surface area contributed by atoms with Crippen molar-refractivity contribution >= 4 is 9.84 Å². The fourth-order valence-electron chi connectivity index (χ4n) is 3.28. The van der Waals surface area contributed by atoms with Crippen molar-refractivity contribution < 1.29 is 13.2 Å². The van der Waals surface area contributed by atoms with Crippen LogP contribution in [0.3, 0.4) is 0 Å². The fraction of sp³-hybridized carbons (Fsp3) is 0.600. The number of sulfone groups is 1. The topological polar surface area (TPSA) is 55.4 Å². The predicted molar refractivity (Wildman–Crippen MR) is 78.6 cm³/mol. The lowest BCUT2D eigenvalue weighted by atomic mass is 9.68. The summed E-state index contributed by atoms with van der Waals surface area (Å²) in [6.45, 7) is 2.50. The number of benzene rings is 1. The van der Waals surface area contributed by atoms with E-state index in [1.54, 1.807) is 0 Å². The van der Waals surface area contributed by atoms with Crippen LogP contribution < -0.4 is 10.1 Å². The Kier molecular flexibility index (Phi) is 3.73. The van der Waals surface area contributed by atoms with Crippen LogP contribution in [0.25, 0.3) is 0 Å². The molecule has 2 aliphatic rings. The normalized spacial score (nSPS) is 26.9. The molecule has 0 amide bonds. The van der Waals surface area contributed by atoms with E-state index in [-0.39, 0.29) is 5.41 Å². The molecule has 20 heavy (non-hydrogen) atoms. The summed E-state index contributed by atoms with van der Waals surface area (Å²) in [5, 5.41) is 3.30. The molecule has 1 N–H and O–H groups in total. The van der Waals surface area contributed by atoms with Crippen LogP contribution in [0.15, 0.2) is 30.3 Å². The van der Waals surface area contributed by atoms with Crippen molar-refractivity contribution in [1.29, 1.82) is 0 Å². The Balaban J connectivity index is 1.57. The molecule has 1 aromatic rings. The first-order valence-corrected chi connectivity index (χ1v) is 9.01. The van der Waals surface area contributed by atoms with E-state index in [1.807, 2.05) is 30.3 Å². The second-order valence-electron chi connectivity index (χ2n) is 5.98. The zero-order valence-corrected chi connectivity index (χ0v) is 12.4. The van der Waals surface area contributed by atoms with Gasteiger partial charge in [0, 0.05) is 18.5 Å². The minimum absolute atomic E-state index is 0.123. The van der Waals surface area contributed by atoms with Gasteiger partial charge in [0.05, 0.1) is 18.1 Å². The molecule has 3 rings (SSSR count). The van der Waals surface area contributed by atoms with E-state index in [0.29, 0.717) is 24.0 Å². The smallest absolute Gasteiger partial charge is 0.150 e. The van der Waals surface area contributed by atoms with Crippen LogP contribution in [0.4, 0.5) is 0 Å². The van der Waals surface area contributed by atoms with Crippen molar-refractivity contribution in [2.75, 3.05) is 31.2 Å². The molecule has 2 saturated heterocycles. The van der Waals surface area contributed by atoms with E-state index in [1.165, 1.54) is 0 Å². The Morgan fingerprint density at radius 2 is 2.00 bits per heavy atom. The van der Waals surface area contributed by atoms with Gasteiger partial charge in [-0.05, 0) is 30.9 Å². The number of para-hydroxylation sites is 1. The summed E-state index contributed by atoms with van der Waals surface area (Å²) in [4.78, 5) is 0. The van der Waals surface area contributed by atoms with Crippen molar-refractivity contribution in [1.82, 2.24) is 5.32 Å². The summed E-state index contributed by atoms with van der Waals surface area (Å²) in [5.74, 6) is 1.90. The second kappa shape index (κ2) is 5.37. The highest BCUT2D eigenvalue weighted by molar-refractivity contribution is 7.91. The van der Waals surface area contributed by atoms with E-state index in [4.69, 9.17) is 4.74 Å². The number of nitrogens with one attached hydrogen (secondary N) is 1. The van der Waals surface area contributed by atoms with E-state index in [9.17, 15) is 8.42 Å². The lowest BCUT2D eigenvalue weighted by Gasteiger charge is -2.47. The molecule has 2 heterocycles. The Bertz CT molecular complexity index is 552. The second-order valence-corrected chi connectivity index (χ2v) is 8.21. The van der Waals surface area contributed by atoms with Gasteiger partial charge in [0.2, 0.25) is 0 Å². The van der Waals surface area contributed by atoms with Gasteiger partial charge in [0.25, 0.3) is 0 Å². The highest BCUT2D eigenvalue weighted by Crippen LogP contribution is 2.41. The average molecular weight is 295 g/mol. The zero-order chi connectivity index (χ0) is 14.1. The molecule has 110 valence electrons.